The molecule has 1 saturated heterocycles. The Bertz CT molecular complexity index is 1230. The molecule has 9 heteroatoms. The summed E-state index contributed by atoms with van der Waals surface area (Å²) in [6.07, 6.45) is 5.22. The molecule has 0 N–H and O–H groups in total. The average Bonchev–Trinajstić information content (AvgIpc) is 3.43. The van der Waals surface area contributed by atoms with Crippen LogP contribution < -0.4 is 14.4 Å². The molecule has 0 aliphatic carbocycles. The normalized spacial score (nSPS) is 15.5. The third-order valence-corrected chi connectivity index (χ3v) is 6.04. The van der Waals surface area contributed by atoms with Crippen LogP contribution in [0.2, 0.25) is 0 Å². The quantitative estimate of drug-likeness (QED) is 0.570. The minimum Gasteiger partial charge on any atom is -0.454 e. The van der Waals surface area contributed by atoms with Crippen LogP contribution in [0.4, 0.5) is 5.82 Å². The van der Waals surface area contributed by atoms with Crippen LogP contribution in [-0.2, 0) is 4.79 Å². The molecule has 33 heavy (non-hydrogen) atoms. The van der Waals surface area contributed by atoms with Gasteiger partial charge in [0.15, 0.2) is 11.5 Å². The van der Waals surface area contributed by atoms with Gasteiger partial charge < -0.3 is 19.3 Å². The predicted octanol–water partition coefficient (Wildman–Crippen LogP) is 2.68. The van der Waals surface area contributed by atoms with Crippen LogP contribution in [0, 0.1) is 20.8 Å². The van der Waals surface area contributed by atoms with Crippen molar-refractivity contribution in [3.05, 3.63) is 59.4 Å². The second kappa shape index (κ2) is 8.57. The zero-order chi connectivity index (χ0) is 22.9. The van der Waals surface area contributed by atoms with Gasteiger partial charge in [0, 0.05) is 44.0 Å². The second-order valence-electron chi connectivity index (χ2n) is 8.18. The molecular formula is C24H26N6O3. The van der Waals surface area contributed by atoms with Gasteiger partial charge in [0.25, 0.3) is 0 Å². The smallest absolute Gasteiger partial charge is 0.246 e. The van der Waals surface area contributed by atoms with E-state index < -0.39 is 0 Å². The molecule has 1 fully saturated rings. The second-order valence-corrected chi connectivity index (χ2v) is 8.18. The number of carbonyl (C=O) groups excluding carboxylic acids is 1. The molecule has 0 saturated carbocycles. The van der Waals surface area contributed by atoms with Crippen molar-refractivity contribution in [2.75, 3.05) is 37.9 Å². The number of aromatic nitrogens is 4. The number of aryl methyl sites for hydroxylation is 2. The standard InChI is InChI=1S/C24H26N6O3/c1-16-17(2)30(14-25-16)23-13-22(26-18(3)27-23)28-8-10-29(11-9-28)24(31)7-5-19-4-6-20-21(12-19)33-15-32-20/h4-7,12-14H,8-11,15H2,1-3H3/b7-5+. The summed E-state index contributed by atoms with van der Waals surface area (Å²) in [7, 11) is 0. The van der Waals surface area contributed by atoms with Gasteiger partial charge in [-0.3, -0.25) is 9.36 Å². The number of amides is 1. The molecule has 0 unspecified atom stereocenters. The third kappa shape index (κ3) is 4.26. The summed E-state index contributed by atoms with van der Waals surface area (Å²) >= 11 is 0. The number of rotatable bonds is 4. The summed E-state index contributed by atoms with van der Waals surface area (Å²) in [5, 5.41) is 0. The molecule has 1 amide bonds. The molecule has 4 heterocycles. The van der Waals surface area contributed by atoms with Crippen molar-refractivity contribution < 1.29 is 14.3 Å². The highest BCUT2D eigenvalue weighted by Gasteiger charge is 2.22. The molecular weight excluding hydrogens is 420 g/mol. The lowest BCUT2D eigenvalue weighted by atomic mass is 10.2. The van der Waals surface area contributed by atoms with Gasteiger partial charge in [-0.15, -0.1) is 0 Å². The summed E-state index contributed by atoms with van der Waals surface area (Å²) in [5.74, 6) is 3.82. The molecule has 1 aromatic carbocycles. The Balaban J connectivity index is 1.24. The molecule has 0 atom stereocenters. The zero-order valence-corrected chi connectivity index (χ0v) is 19.0. The van der Waals surface area contributed by atoms with Crippen LogP contribution in [0.15, 0.2) is 36.7 Å². The molecule has 2 aliphatic heterocycles. The molecule has 0 bridgehead atoms. The summed E-state index contributed by atoms with van der Waals surface area (Å²) in [4.78, 5) is 30.4. The van der Waals surface area contributed by atoms with Crippen molar-refractivity contribution in [2.24, 2.45) is 0 Å². The van der Waals surface area contributed by atoms with Gasteiger partial charge in [-0.2, -0.15) is 0 Å². The Hall–Kier alpha value is -3.88. The fourth-order valence-corrected chi connectivity index (χ4v) is 4.00. The van der Waals surface area contributed by atoms with Crippen molar-refractivity contribution in [1.29, 1.82) is 0 Å². The number of benzene rings is 1. The van der Waals surface area contributed by atoms with Crippen LogP contribution in [0.5, 0.6) is 11.5 Å². The van der Waals surface area contributed by atoms with Crippen molar-refractivity contribution in [1.82, 2.24) is 24.4 Å². The Labute approximate surface area is 192 Å². The van der Waals surface area contributed by atoms with E-state index in [1.807, 2.05) is 60.6 Å². The van der Waals surface area contributed by atoms with Gasteiger partial charge in [0.2, 0.25) is 12.7 Å². The first-order valence-electron chi connectivity index (χ1n) is 11.0. The van der Waals surface area contributed by atoms with E-state index >= 15 is 0 Å². The van der Waals surface area contributed by atoms with Crippen LogP contribution in [0.25, 0.3) is 11.9 Å². The first-order valence-corrected chi connectivity index (χ1v) is 11.0. The molecule has 170 valence electrons. The Morgan fingerprint density at radius 3 is 2.48 bits per heavy atom. The lowest BCUT2D eigenvalue weighted by Gasteiger charge is -2.35. The fourth-order valence-electron chi connectivity index (χ4n) is 4.00. The highest BCUT2D eigenvalue weighted by Crippen LogP contribution is 2.32. The Morgan fingerprint density at radius 1 is 0.970 bits per heavy atom. The van der Waals surface area contributed by atoms with E-state index in [1.54, 1.807) is 12.4 Å². The Kier molecular flexibility index (Phi) is 5.45. The minimum atomic E-state index is -0.00334. The van der Waals surface area contributed by atoms with Crippen molar-refractivity contribution in [3.63, 3.8) is 0 Å². The maximum atomic E-state index is 12.7. The van der Waals surface area contributed by atoms with Gasteiger partial charge in [0.1, 0.15) is 23.8 Å². The number of nitrogens with zero attached hydrogens (tertiary/aromatic N) is 6. The van der Waals surface area contributed by atoms with Gasteiger partial charge in [-0.1, -0.05) is 6.07 Å². The number of carbonyl (C=O) groups is 1. The van der Waals surface area contributed by atoms with Gasteiger partial charge in [-0.25, -0.2) is 15.0 Å². The molecule has 9 nitrogen and oxygen atoms in total. The number of imidazole rings is 1. The summed E-state index contributed by atoms with van der Waals surface area (Å²) < 4.78 is 12.7. The minimum absolute atomic E-state index is 0.00334. The maximum Gasteiger partial charge on any atom is 0.246 e. The van der Waals surface area contributed by atoms with Gasteiger partial charge in [-0.05, 0) is 44.5 Å². The first kappa shape index (κ1) is 21.0. The molecule has 2 aliphatic rings. The van der Waals surface area contributed by atoms with E-state index in [9.17, 15) is 4.79 Å². The van der Waals surface area contributed by atoms with Gasteiger partial charge in [0.05, 0.1) is 5.69 Å². The van der Waals surface area contributed by atoms with Crippen molar-refractivity contribution in [2.45, 2.75) is 20.8 Å². The monoisotopic (exact) mass is 446 g/mol. The molecule has 5 rings (SSSR count). The molecule has 0 radical (unpaired) electrons. The van der Waals surface area contributed by atoms with E-state index in [4.69, 9.17) is 9.47 Å². The van der Waals surface area contributed by atoms with Crippen LogP contribution in [0.1, 0.15) is 22.8 Å². The lowest BCUT2D eigenvalue weighted by Crippen LogP contribution is -2.48. The fraction of sp³-hybridized carbons (Fsp3) is 0.333. The number of anilines is 1. The zero-order valence-electron chi connectivity index (χ0n) is 19.0. The summed E-state index contributed by atoms with van der Waals surface area (Å²) in [5.41, 5.74) is 2.94. The number of ether oxygens (including phenoxy) is 2. The summed E-state index contributed by atoms with van der Waals surface area (Å²) in [6, 6.07) is 7.63. The Morgan fingerprint density at radius 2 is 1.73 bits per heavy atom. The lowest BCUT2D eigenvalue weighted by molar-refractivity contribution is -0.126. The summed E-state index contributed by atoms with van der Waals surface area (Å²) in [6.45, 7) is 8.83. The first-order chi connectivity index (χ1) is 16.0. The molecule has 0 spiro atoms. The number of hydrogen-bond donors (Lipinski definition) is 0. The average molecular weight is 447 g/mol. The van der Waals surface area contributed by atoms with Crippen LogP contribution in [0.3, 0.4) is 0 Å². The van der Waals surface area contributed by atoms with E-state index in [2.05, 4.69) is 19.9 Å². The molecule has 2 aromatic heterocycles. The molecule has 3 aromatic rings. The maximum absolute atomic E-state index is 12.7. The number of fused-ring (bicyclic) bond motifs is 1. The number of hydrogen-bond acceptors (Lipinski definition) is 7. The van der Waals surface area contributed by atoms with Crippen LogP contribution in [-0.4, -0.2) is 63.3 Å². The topological polar surface area (TPSA) is 85.6 Å². The van der Waals surface area contributed by atoms with E-state index in [0.29, 0.717) is 37.8 Å². The van der Waals surface area contributed by atoms with E-state index in [0.717, 1.165) is 34.3 Å². The third-order valence-electron chi connectivity index (χ3n) is 6.04. The van der Waals surface area contributed by atoms with Crippen molar-refractivity contribution in [3.8, 4) is 17.3 Å². The van der Waals surface area contributed by atoms with Gasteiger partial charge >= 0.3 is 0 Å². The largest absolute Gasteiger partial charge is 0.454 e. The number of piperazine rings is 1. The highest BCUT2D eigenvalue weighted by atomic mass is 16.7. The predicted molar refractivity (Wildman–Crippen MR) is 124 cm³/mol. The SMILES string of the molecule is Cc1nc(N2CCN(C(=O)/C=C/c3ccc4c(c3)OCO4)CC2)cc(-n2cnc(C)c2C)n1. The van der Waals surface area contributed by atoms with E-state index in [1.165, 1.54) is 0 Å². The van der Waals surface area contributed by atoms with Crippen LogP contribution >= 0.6 is 0 Å². The van der Waals surface area contributed by atoms with Crippen molar-refractivity contribution >= 4 is 17.8 Å². The van der Waals surface area contributed by atoms with E-state index in [-0.39, 0.29) is 12.7 Å². The highest BCUT2D eigenvalue weighted by molar-refractivity contribution is 5.92.